The summed E-state index contributed by atoms with van der Waals surface area (Å²) < 4.78 is 16.6. The van der Waals surface area contributed by atoms with Crippen LogP contribution in [0.1, 0.15) is 54.9 Å². The molecule has 2 saturated heterocycles. The monoisotopic (exact) mass is 489 g/mol. The van der Waals surface area contributed by atoms with Crippen LogP contribution in [0.15, 0.2) is 17.9 Å². The number of hydrogen-bond acceptors (Lipinski definition) is 8. The third-order valence-electron chi connectivity index (χ3n) is 7.19. The summed E-state index contributed by atoms with van der Waals surface area (Å²) in [7, 11) is 1.64. The fraction of sp³-hybridized carbons (Fsp3) is 0.615. The molecule has 0 saturated carbocycles. The summed E-state index contributed by atoms with van der Waals surface area (Å²) in [5, 5.41) is 2.22. The van der Waals surface area contributed by atoms with Gasteiger partial charge in [0.1, 0.15) is 11.7 Å². The SMILES string of the molecule is CCOC(=O)OC1=C(c2c(C)cc(C)cc2C)C(=O)[NH+](OC2CCOCC2)C12CCN(OC)CC2. The third kappa shape index (κ3) is 5.01. The maximum atomic E-state index is 14.2. The van der Waals surface area contributed by atoms with Gasteiger partial charge in [0.05, 0.1) is 13.7 Å². The van der Waals surface area contributed by atoms with Gasteiger partial charge in [0.15, 0.2) is 11.3 Å². The minimum Gasteiger partial charge on any atom is -0.434 e. The first-order chi connectivity index (χ1) is 16.8. The summed E-state index contributed by atoms with van der Waals surface area (Å²) in [5.74, 6) is 0.130. The number of hydroxylamine groups is 4. The Hall–Kier alpha value is -2.30. The summed E-state index contributed by atoms with van der Waals surface area (Å²) in [6.07, 6.45) is 1.53. The van der Waals surface area contributed by atoms with Crippen LogP contribution in [0.25, 0.3) is 5.57 Å². The topological polar surface area (TPSA) is 88.0 Å². The van der Waals surface area contributed by atoms with E-state index in [1.807, 2.05) is 38.0 Å². The molecule has 1 amide bonds. The summed E-state index contributed by atoms with van der Waals surface area (Å²) in [5.41, 5.74) is 3.34. The molecule has 1 spiro atoms. The fourth-order valence-electron chi connectivity index (χ4n) is 5.59. The second-order valence-electron chi connectivity index (χ2n) is 9.54. The molecule has 192 valence electrons. The first-order valence-corrected chi connectivity index (χ1v) is 12.4. The Morgan fingerprint density at radius 3 is 2.34 bits per heavy atom. The molecule has 3 aliphatic rings. The molecule has 0 aromatic heterocycles. The van der Waals surface area contributed by atoms with Gasteiger partial charge in [0.2, 0.25) is 0 Å². The third-order valence-corrected chi connectivity index (χ3v) is 7.19. The Morgan fingerprint density at radius 1 is 1.14 bits per heavy atom. The van der Waals surface area contributed by atoms with Crippen molar-refractivity contribution in [3.05, 3.63) is 40.1 Å². The zero-order chi connectivity index (χ0) is 25.2. The van der Waals surface area contributed by atoms with Crippen LogP contribution >= 0.6 is 0 Å². The van der Waals surface area contributed by atoms with Gasteiger partial charge in [-0.2, -0.15) is 9.90 Å². The minimum absolute atomic E-state index is 0.122. The van der Waals surface area contributed by atoms with Gasteiger partial charge in [-0.1, -0.05) is 17.7 Å². The molecule has 3 aliphatic heterocycles. The number of hydrogen-bond donors (Lipinski definition) is 1. The van der Waals surface area contributed by atoms with E-state index in [2.05, 4.69) is 0 Å². The Kier molecular flexibility index (Phi) is 7.92. The number of ether oxygens (including phenoxy) is 3. The van der Waals surface area contributed by atoms with E-state index in [-0.39, 0.29) is 18.6 Å². The molecule has 1 atom stereocenters. The number of nitrogens with one attached hydrogen (secondary N) is 1. The highest BCUT2D eigenvalue weighted by atomic mass is 16.7. The lowest BCUT2D eigenvalue weighted by Crippen LogP contribution is -3.21. The predicted octanol–water partition coefficient (Wildman–Crippen LogP) is 2.43. The van der Waals surface area contributed by atoms with Crippen LogP contribution in [0.4, 0.5) is 4.79 Å². The second kappa shape index (κ2) is 10.8. The Balaban J connectivity index is 1.85. The number of piperidine rings is 1. The van der Waals surface area contributed by atoms with E-state index in [0.717, 1.165) is 22.3 Å². The molecule has 1 N–H and O–H groups in total. The Bertz CT molecular complexity index is 968. The standard InChI is InChI=1S/C26H36N2O7/c1-6-33-25(30)34-23-22(21-18(3)15-17(2)16-19(21)4)24(29)28(35-20-7-13-32-14-8-20)26(23)9-11-27(31-5)12-10-26/h15-16,20H,6-14H2,1-5H3/p+1. The van der Waals surface area contributed by atoms with E-state index in [4.69, 9.17) is 23.9 Å². The number of carbonyl (C=O) groups excluding carboxylic acids is 2. The molecule has 35 heavy (non-hydrogen) atoms. The zero-order valence-electron chi connectivity index (χ0n) is 21.4. The fourth-order valence-corrected chi connectivity index (χ4v) is 5.59. The van der Waals surface area contributed by atoms with E-state index >= 15 is 0 Å². The van der Waals surface area contributed by atoms with Gasteiger partial charge in [0.25, 0.3) is 0 Å². The van der Waals surface area contributed by atoms with Crippen molar-refractivity contribution in [1.82, 2.24) is 5.06 Å². The van der Waals surface area contributed by atoms with Crippen LogP contribution in [0.3, 0.4) is 0 Å². The van der Waals surface area contributed by atoms with Gasteiger partial charge in [-0.3, -0.25) is 0 Å². The van der Waals surface area contributed by atoms with Gasteiger partial charge in [-0.15, -0.1) is 5.06 Å². The summed E-state index contributed by atoms with van der Waals surface area (Å²) in [6.45, 7) is 10.2. The molecular formula is C26H37N2O7+. The maximum Gasteiger partial charge on any atom is 0.513 e. The lowest BCUT2D eigenvalue weighted by molar-refractivity contribution is -1.07. The average molecular weight is 490 g/mol. The van der Waals surface area contributed by atoms with E-state index in [1.54, 1.807) is 14.0 Å². The zero-order valence-corrected chi connectivity index (χ0v) is 21.4. The van der Waals surface area contributed by atoms with Gasteiger partial charge >= 0.3 is 12.1 Å². The van der Waals surface area contributed by atoms with E-state index in [9.17, 15) is 9.59 Å². The number of rotatable bonds is 6. The van der Waals surface area contributed by atoms with Crippen molar-refractivity contribution >= 4 is 17.6 Å². The van der Waals surface area contributed by atoms with Crippen LogP contribution in [-0.2, 0) is 28.7 Å². The molecule has 1 aromatic carbocycles. The average Bonchev–Trinajstić information content (AvgIpc) is 3.02. The van der Waals surface area contributed by atoms with Gasteiger partial charge in [-0.05, 0) is 38.8 Å². The van der Waals surface area contributed by atoms with Crippen molar-refractivity contribution in [3.63, 3.8) is 0 Å². The molecule has 0 radical (unpaired) electrons. The van der Waals surface area contributed by atoms with Gasteiger partial charge < -0.3 is 19.0 Å². The van der Waals surface area contributed by atoms with Gasteiger partial charge in [0, 0.05) is 57.6 Å². The molecule has 4 rings (SSSR count). The summed E-state index contributed by atoms with van der Waals surface area (Å²) >= 11 is 0. The van der Waals surface area contributed by atoms with Crippen LogP contribution in [0.2, 0.25) is 0 Å². The molecular weight excluding hydrogens is 452 g/mol. The van der Waals surface area contributed by atoms with Crippen molar-refractivity contribution < 1.29 is 38.5 Å². The van der Waals surface area contributed by atoms with Crippen LogP contribution in [-0.4, -0.2) is 68.8 Å². The van der Waals surface area contributed by atoms with Crippen LogP contribution < -0.4 is 5.06 Å². The van der Waals surface area contributed by atoms with Crippen LogP contribution in [0, 0.1) is 20.8 Å². The molecule has 1 aromatic rings. The number of nitrogens with zero attached hydrogens (tertiary/aromatic N) is 1. The van der Waals surface area contributed by atoms with Gasteiger partial charge in [-0.25, -0.2) is 9.59 Å². The van der Waals surface area contributed by atoms with Crippen molar-refractivity contribution in [3.8, 4) is 0 Å². The number of amides is 1. The molecule has 0 aliphatic carbocycles. The Morgan fingerprint density at radius 2 is 1.77 bits per heavy atom. The lowest BCUT2D eigenvalue weighted by Gasteiger charge is -2.40. The smallest absolute Gasteiger partial charge is 0.434 e. The van der Waals surface area contributed by atoms with E-state index in [0.29, 0.717) is 68.4 Å². The molecule has 3 heterocycles. The minimum atomic E-state index is -0.865. The number of aryl methyl sites for hydroxylation is 3. The largest absolute Gasteiger partial charge is 0.513 e. The molecule has 2 fully saturated rings. The normalized spacial score (nSPS) is 23.2. The second-order valence-corrected chi connectivity index (χ2v) is 9.54. The van der Waals surface area contributed by atoms with Crippen molar-refractivity contribution in [2.75, 3.05) is 40.0 Å². The van der Waals surface area contributed by atoms with Crippen molar-refractivity contribution in [1.29, 1.82) is 0 Å². The first kappa shape index (κ1) is 25.8. The predicted molar refractivity (Wildman–Crippen MR) is 127 cm³/mol. The quantitative estimate of drug-likeness (QED) is 0.610. The molecule has 0 bridgehead atoms. The van der Waals surface area contributed by atoms with Crippen molar-refractivity contribution in [2.45, 2.75) is 65.0 Å². The molecule has 9 heteroatoms. The van der Waals surface area contributed by atoms with Crippen LogP contribution in [0.5, 0.6) is 0 Å². The number of benzene rings is 1. The highest BCUT2D eigenvalue weighted by Gasteiger charge is 2.63. The van der Waals surface area contributed by atoms with E-state index < -0.39 is 11.7 Å². The van der Waals surface area contributed by atoms with Crippen molar-refractivity contribution in [2.24, 2.45) is 0 Å². The highest BCUT2D eigenvalue weighted by molar-refractivity contribution is 6.19. The highest BCUT2D eigenvalue weighted by Crippen LogP contribution is 2.40. The first-order valence-electron chi connectivity index (χ1n) is 12.4. The maximum absolute atomic E-state index is 14.2. The molecule has 9 nitrogen and oxygen atoms in total. The summed E-state index contributed by atoms with van der Waals surface area (Å²) in [4.78, 5) is 38.8. The Labute approximate surface area is 206 Å². The van der Waals surface area contributed by atoms with E-state index in [1.165, 1.54) is 0 Å². The number of carbonyl (C=O) groups is 2. The number of quaternary nitrogens is 1. The lowest BCUT2D eigenvalue weighted by atomic mass is 9.84. The summed E-state index contributed by atoms with van der Waals surface area (Å²) in [6, 6.07) is 4.09. The molecule has 1 unspecified atom stereocenters.